The molecule has 2 heterocycles. The molecule has 104 valence electrons. The molecule has 0 bridgehead atoms. The molecule has 20 heavy (non-hydrogen) atoms. The number of nitrogens with zero attached hydrogens (tertiary/aromatic N) is 1. The van der Waals surface area contributed by atoms with E-state index in [0.717, 1.165) is 19.5 Å². The number of benzene rings is 1. The number of hydrogen-bond donors (Lipinski definition) is 1. The lowest BCUT2D eigenvalue weighted by molar-refractivity contribution is 0.698. The van der Waals surface area contributed by atoms with Gasteiger partial charge in [-0.2, -0.15) is 0 Å². The number of fused-ring (bicyclic) bond motifs is 1. The van der Waals surface area contributed by atoms with Crippen molar-refractivity contribution < 1.29 is 0 Å². The SMILES string of the molecule is CCc1ccsc1CNCc1cn(C)c2ccccc12. The molecule has 3 rings (SSSR count). The molecular weight excluding hydrogens is 264 g/mol. The fourth-order valence-corrected chi connectivity index (χ4v) is 3.66. The summed E-state index contributed by atoms with van der Waals surface area (Å²) in [4.78, 5) is 1.47. The zero-order valence-corrected chi connectivity index (χ0v) is 12.8. The summed E-state index contributed by atoms with van der Waals surface area (Å²) in [6.45, 7) is 4.10. The number of aromatic nitrogens is 1. The molecule has 0 fully saturated rings. The Morgan fingerprint density at radius 3 is 2.80 bits per heavy atom. The van der Waals surface area contributed by atoms with Crippen LogP contribution >= 0.6 is 11.3 Å². The van der Waals surface area contributed by atoms with Gasteiger partial charge >= 0.3 is 0 Å². The maximum Gasteiger partial charge on any atom is 0.0481 e. The van der Waals surface area contributed by atoms with Gasteiger partial charge in [0.15, 0.2) is 0 Å². The van der Waals surface area contributed by atoms with Crippen molar-refractivity contribution in [3.05, 3.63) is 57.9 Å². The second kappa shape index (κ2) is 5.81. The number of thiophene rings is 1. The zero-order chi connectivity index (χ0) is 13.9. The Labute approximate surface area is 124 Å². The summed E-state index contributed by atoms with van der Waals surface area (Å²) in [5.41, 5.74) is 4.15. The number of para-hydroxylation sites is 1. The summed E-state index contributed by atoms with van der Waals surface area (Å²) in [5, 5.41) is 7.12. The normalized spacial score (nSPS) is 11.3. The Morgan fingerprint density at radius 1 is 1.10 bits per heavy atom. The molecular formula is C17H20N2S. The minimum atomic E-state index is 0.919. The van der Waals surface area contributed by atoms with E-state index in [1.807, 2.05) is 11.3 Å². The smallest absolute Gasteiger partial charge is 0.0481 e. The largest absolute Gasteiger partial charge is 0.350 e. The van der Waals surface area contributed by atoms with E-state index in [1.165, 1.54) is 26.9 Å². The van der Waals surface area contributed by atoms with Crippen LogP contribution in [0.4, 0.5) is 0 Å². The topological polar surface area (TPSA) is 17.0 Å². The quantitative estimate of drug-likeness (QED) is 0.746. The van der Waals surface area contributed by atoms with Crippen molar-refractivity contribution in [2.45, 2.75) is 26.4 Å². The number of rotatable bonds is 5. The standard InChI is InChI=1S/C17H20N2S/c1-3-13-8-9-20-17(13)11-18-10-14-12-19(2)16-7-5-4-6-15(14)16/h4-9,12,18H,3,10-11H2,1-2H3. The van der Waals surface area contributed by atoms with Gasteiger partial charge in [0, 0.05) is 42.1 Å². The van der Waals surface area contributed by atoms with Gasteiger partial charge in [0.2, 0.25) is 0 Å². The Kier molecular flexibility index (Phi) is 3.90. The molecule has 0 aliphatic heterocycles. The van der Waals surface area contributed by atoms with Gasteiger partial charge < -0.3 is 9.88 Å². The average molecular weight is 284 g/mol. The van der Waals surface area contributed by atoms with Gasteiger partial charge in [-0.05, 0) is 35.1 Å². The Balaban J connectivity index is 1.71. The van der Waals surface area contributed by atoms with Crippen molar-refractivity contribution in [3.8, 4) is 0 Å². The first kappa shape index (κ1) is 13.4. The summed E-state index contributed by atoms with van der Waals surface area (Å²) in [6.07, 6.45) is 3.35. The highest BCUT2D eigenvalue weighted by Gasteiger charge is 2.06. The molecule has 1 aromatic carbocycles. The minimum Gasteiger partial charge on any atom is -0.350 e. The zero-order valence-electron chi connectivity index (χ0n) is 12.0. The van der Waals surface area contributed by atoms with Crippen molar-refractivity contribution in [2.75, 3.05) is 0 Å². The highest BCUT2D eigenvalue weighted by atomic mass is 32.1. The molecule has 0 spiro atoms. The second-order valence-corrected chi connectivity index (χ2v) is 6.11. The number of nitrogens with one attached hydrogen (secondary N) is 1. The maximum absolute atomic E-state index is 3.58. The Bertz CT molecular complexity index is 709. The van der Waals surface area contributed by atoms with Gasteiger partial charge in [-0.3, -0.25) is 0 Å². The highest BCUT2D eigenvalue weighted by molar-refractivity contribution is 7.10. The third-order valence-corrected chi connectivity index (χ3v) is 4.76. The molecule has 0 saturated heterocycles. The molecule has 1 N–H and O–H groups in total. The summed E-state index contributed by atoms with van der Waals surface area (Å²) in [7, 11) is 2.11. The predicted octanol–water partition coefficient (Wildman–Crippen LogP) is 4.09. The van der Waals surface area contributed by atoms with Crippen LogP contribution in [0.2, 0.25) is 0 Å². The van der Waals surface area contributed by atoms with Crippen molar-refractivity contribution >= 4 is 22.2 Å². The summed E-state index contributed by atoms with van der Waals surface area (Å²) in [6, 6.07) is 10.8. The fraction of sp³-hybridized carbons (Fsp3) is 0.294. The van der Waals surface area contributed by atoms with Crippen LogP contribution < -0.4 is 5.32 Å². The van der Waals surface area contributed by atoms with Gasteiger partial charge in [-0.25, -0.2) is 0 Å². The van der Waals surface area contributed by atoms with Gasteiger partial charge in [0.05, 0.1) is 0 Å². The van der Waals surface area contributed by atoms with E-state index in [0.29, 0.717) is 0 Å². The van der Waals surface area contributed by atoms with Gasteiger partial charge in [-0.1, -0.05) is 25.1 Å². The van der Waals surface area contributed by atoms with E-state index in [9.17, 15) is 0 Å². The van der Waals surface area contributed by atoms with Crippen LogP contribution in [0.15, 0.2) is 41.9 Å². The van der Waals surface area contributed by atoms with Crippen LogP contribution in [0.5, 0.6) is 0 Å². The van der Waals surface area contributed by atoms with Gasteiger partial charge in [0.25, 0.3) is 0 Å². The first-order valence-corrected chi connectivity index (χ1v) is 7.96. The van der Waals surface area contributed by atoms with Crippen LogP contribution in [0.25, 0.3) is 10.9 Å². The maximum atomic E-state index is 3.58. The van der Waals surface area contributed by atoms with E-state index in [4.69, 9.17) is 0 Å². The van der Waals surface area contributed by atoms with Crippen LogP contribution in [0.1, 0.15) is 22.9 Å². The van der Waals surface area contributed by atoms with Crippen LogP contribution in [0, 0.1) is 0 Å². The molecule has 0 radical (unpaired) electrons. The molecule has 0 atom stereocenters. The fourth-order valence-electron chi connectivity index (χ4n) is 2.71. The van der Waals surface area contributed by atoms with Crippen LogP contribution in [-0.2, 0) is 26.6 Å². The van der Waals surface area contributed by atoms with Crippen molar-refractivity contribution in [1.29, 1.82) is 0 Å². The molecule has 3 aromatic rings. The van der Waals surface area contributed by atoms with E-state index < -0.39 is 0 Å². The molecule has 3 heteroatoms. The minimum absolute atomic E-state index is 0.919. The number of aryl methyl sites for hydroxylation is 2. The van der Waals surface area contributed by atoms with Crippen molar-refractivity contribution in [3.63, 3.8) is 0 Å². The molecule has 0 saturated carbocycles. The third-order valence-electron chi connectivity index (χ3n) is 3.80. The lowest BCUT2D eigenvalue weighted by atomic mass is 10.1. The molecule has 0 aliphatic rings. The van der Waals surface area contributed by atoms with E-state index in [1.54, 1.807) is 0 Å². The Morgan fingerprint density at radius 2 is 1.95 bits per heavy atom. The predicted molar refractivity (Wildman–Crippen MR) is 87.2 cm³/mol. The van der Waals surface area contributed by atoms with Crippen LogP contribution in [-0.4, -0.2) is 4.57 Å². The van der Waals surface area contributed by atoms with E-state index >= 15 is 0 Å². The highest BCUT2D eigenvalue weighted by Crippen LogP contribution is 2.21. The molecule has 2 aromatic heterocycles. The van der Waals surface area contributed by atoms with Gasteiger partial charge in [0.1, 0.15) is 0 Å². The van der Waals surface area contributed by atoms with Crippen molar-refractivity contribution in [2.24, 2.45) is 7.05 Å². The number of hydrogen-bond acceptors (Lipinski definition) is 2. The Hall–Kier alpha value is -1.58. The monoisotopic (exact) mass is 284 g/mol. The molecule has 0 aliphatic carbocycles. The first-order valence-electron chi connectivity index (χ1n) is 7.08. The van der Waals surface area contributed by atoms with Crippen LogP contribution in [0.3, 0.4) is 0 Å². The van der Waals surface area contributed by atoms with Gasteiger partial charge in [-0.15, -0.1) is 11.3 Å². The van der Waals surface area contributed by atoms with Crippen molar-refractivity contribution in [1.82, 2.24) is 9.88 Å². The lowest BCUT2D eigenvalue weighted by Gasteiger charge is -2.04. The summed E-state index contributed by atoms with van der Waals surface area (Å²) in [5.74, 6) is 0. The molecule has 2 nitrogen and oxygen atoms in total. The van der Waals surface area contributed by atoms with E-state index in [2.05, 4.69) is 65.8 Å². The average Bonchev–Trinajstić information content (AvgIpc) is 3.05. The lowest BCUT2D eigenvalue weighted by Crippen LogP contribution is -2.12. The molecule has 0 amide bonds. The molecule has 0 unspecified atom stereocenters. The summed E-state index contributed by atoms with van der Waals surface area (Å²) >= 11 is 1.85. The third kappa shape index (κ3) is 2.51. The summed E-state index contributed by atoms with van der Waals surface area (Å²) < 4.78 is 2.20. The first-order chi connectivity index (χ1) is 9.79. The van der Waals surface area contributed by atoms with E-state index in [-0.39, 0.29) is 0 Å². The second-order valence-electron chi connectivity index (χ2n) is 5.11.